The normalized spacial score (nSPS) is 13.6. The lowest BCUT2D eigenvalue weighted by atomic mass is 10.1. The molecule has 2 atom stereocenters. The molecule has 1 heterocycles. The van der Waals surface area contributed by atoms with Crippen molar-refractivity contribution in [1.29, 1.82) is 0 Å². The van der Waals surface area contributed by atoms with E-state index in [1.54, 1.807) is 6.92 Å². The third-order valence-electron chi connectivity index (χ3n) is 1.75. The number of rotatable bonds is 5. The van der Waals surface area contributed by atoms with E-state index in [0.29, 0.717) is 4.88 Å². The van der Waals surface area contributed by atoms with Crippen LogP contribution in [0.2, 0.25) is 0 Å². The molecule has 1 rings (SSSR count). The number of esters is 1. The van der Waals surface area contributed by atoms with Gasteiger partial charge in [0.1, 0.15) is 6.10 Å². The second-order valence-electron chi connectivity index (χ2n) is 2.75. The molecule has 0 aliphatic carbocycles. The highest BCUT2D eigenvalue weighted by molar-refractivity contribution is 7.09. The van der Waals surface area contributed by atoms with Gasteiger partial charge in [0.15, 0.2) is 6.04 Å². The van der Waals surface area contributed by atoms with Crippen LogP contribution in [0.15, 0.2) is 16.8 Å². The molecule has 16 heavy (non-hydrogen) atoms. The molecule has 0 saturated carbocycles. The van der Waals surface area contributed by atoms with Crippen molar-refractivity contribution in [2.45, 2.75) is 19.1 Å². The summed E-state index contributed by atoms with van der Waals surface area (Å²) >= 11 is 1.17. The number of hydrogen-bond acceptors (Lipinski definition) is 6. The van der Waals surface area contributed by atoms with Crippen molar-refractivity contribution in [3.63, 3.8) is 0 Å². The molecule has 0 fully saturated rings. The first-order chi connectivity index (χ1) is 7.70. The van der Waals surface area contributed by atoms with Gasteiger partial charge >= 0.3 is 5.97 Å². The molecule has 1 aromatic rings. The number of carbonyl (C=O) groups excluding carboxylic acids is 1. The van der Waals surface area contributed by atoms with Gasteiger partial charge in [0.05, 0.1) is 17.0 Å². The Balaban J connectivity index is 2.85. The SMILES string of the molecule is CCOC(=O)C(N=[N+]=[N-])C(O)c1cncs1. The summed E-state index contributed by atoms with van der Waals surface area (Å²) in [6, 6.07) is -1.27. The Labute approximate surface area is 95.3 Å². The molecule has 0 saturated heterocycles. The number of ether oxygens (including phenoxy) is 1. The number of aliphatic hydroxyl groups is 1. The quantitative estimate of drug-likeness (QED) is 0.364. The van der Waals surface area contributed by atoms with Crippen molar-refractivity contribution in [2.24, 2.45) is 5.11 Å². The largest absolute Gasteiger partial charge is 0.466 e. The summed E-state index contributed by atoms with van der Waals surface area (Å²) in [6.45, 7) is 1.79. The van der Waals surface area contributed by atoms with Crippen molar-refractivity contribution >= 4 is 17.3 Å². The molecule has 0 aromatic carbocycles. The molecule has 0 amide bonds. The Morgan fingerprint density at radius 3 is 3.12 bits per heavy atom. The van der Waals surface area contributed by atoms with Gasteiger partial charge in [0.25, 0.3) is 0 Å². The van der Waals surface area contributed by atoms with Crippen molar-refractivity contribution in [1.82, 2.24) is 4.98 Å². The summed E-state index contributed by atoms with van der Waals surface area (Å²) in [5, 5.41) is 13.0. The molecule has 0 aliphatic rings. The minimum atomic E-state index is -1.27. The first-order valence-electron chi connectivity index (χ1n) is 4.48. The maximum atomic E-state index is 11.4. The lowest BCUT2D eigenvalue weighted by Gasteiger charge is -2.14. The molecule has 0 aliphatic heterocycles. The van der Waals surface area contributed by atoms with Gasteiger partial charge in [0, 0.05) is 11.1 Å². The summed E-state index contributed by atoms with van der Waals surface area (Å²) in [5.41, 5.74) is 9.84. The van der Waals surface area contributed by atoms with Crippen LogP contribution < -0.4 is 0 Å². The third-order valence-corrected chi connectivity index (χ3v) is 2.59. The van der Waals surface area contributed by atoms with Crippen molar-refractivity contribution < 1.29 is 14.6 Å². The summed E-state index contributed by atoms with van der Waals surface area (Å²) in [4.78, 5) is 18.1. The van der Waals surface area contributed by atoms with E-state index in [0.717, 1.165) is 0 Å². The van der Waals surface area contributed by atoms with Gasteiger partial charge in [0.2, 0.25) is 0 Å². The molecule has 2 unspecified atom stereocenters. The summed E-state index contributed by atoms with van der Waals surface area (Å²) in [7, 11) is 0. The van der Waals surface area contributed by atoms with E-state index in [1.165, 1.54) is 23.0 Å². The van der Waals surface area contributed by atoms with E-state index >= 15 is 0 Å². The maximum Gasteiger partial charge on any atom is 0.317 e. The van der Waals surface area contributed by atoms with Gasteiger partial charge in [-0.2, -0.15) is 0 Å². The highest BCUT2D eigenvalue weighted by atomic mass is 32.1. The number of aromatic nitrogens is 1. The predicted octanol–water partition coefficient (Wildman–Crippen LogP) is 1.42. The van der Waals surface area contributed by atoms with Gasteiger partial charge in [-0.3, -0.25) is 9.78 Å². The second kappa shape index (κ2) is 6.06. The van der Waals surface area contributed by atoms with Crippen LogP contribution in [0.3, 0.4) is 0 Å². The molecule has 0 spiro atoms. The molecule has 0 radical (unpaired) electrons. The minimum absolute atomic E-state index is 0.158. The van der Waals surface area contributed by atoms with E-state index < -0.39 is 18.1 Å². The van der Waals surface area contributed by atoms with Crippen molar-refractivity contribution in [3.05, 3.63) is 27.0 Å². The lowest BCUT2D eigenvalue weighted by Crippen LogP contribution is -2.27. The van der Waals surface area contributed by atoms with E-state index in [4.69, 9.17) is 10.3 Å². The third kappa shape index (κ3) is 2.93. The van der Waals surface area contributed by atoms with Crippen LogP contribution in [0.5, 0.6) is 0 Å². The van der Waals surface area contributed by atoms with E-state index in [-0.39, 0.29) is 6.61 Å². The summed E-state index contributed by atoms with van der Waals surface area (Å²) in [6.07, 6.45) is 0.191. The Kier molecular flexibility index (Phi) is 4.71. The highest BCUT2D eigenvalue weighted by Gasteiger charge is 2.29. The Bertz CT molecular complexity index is 388. The standard InChI is InChI=1S/C8H10N4O3S/c1-2-15-8(14)6(11-12-9)7(13)5-3-10-4-16-5/h3-4,6-7,13H,2H2,1H3. The molecule has 86 valence electrons. The summed E-state index contributed by atoms with van der Waals surface area (Å²) in [5.74, 6) is -0.749. The second-order valence-corrected chi connectivity index (χ2v) is 3.67. The number of azide groups is 1. The number of hydrogen-bond donors (Lipinski definition) is 1. The molecule has 0 bridgehead atoms. The predicted molar refractivity (Wildman–Crippen MR) is 56.6 cm³/mol. The number of carbonyl (C=O) groups is 1. The van der Waals surface area contributed by atoms with Crippen LogP contribution in [0.4, 0.5) is 0 Å². The van der Waals surface area contributed by atoms with Crippen LogP contribution in [0.25, 0.3) is 10.4 Å². The zero-order chi connectivity index (χ0) is 12.0. The number of nitrogens with zero attached hydrogens (tertiary/aromatic N) is 4. The summed E-state index contributed by atoms with van der Waals surface area (Å²) < 4.78 is 4.70. The Morgan fingerprint density at radius 2 is 2.62 bits per heavy atom. The Hall–Kier alpha value is -1.63. The molecule has 7 nitrogen and oxygen atoms in total. The van der Waals surface area contributed by atoms with Gasteiger partial charge in [-0.1, -0.05) is 5.11 Å². The number of aliphatic hydroxyl groups excluding tert-OH is 1. The lowest BCUT2D eigenvalue weighted by molar-refractivity contribution is -0.147. The van der Waals surface area contributed by atoms with E-state index in [9.17, 15) is 9.90 Å². The smallest absolute Gasteiger partial charge is 0.317 e. The van der Waals surface area contributed by atoms with E-state index in [2.05, 4.69) is 15.0 Å². The molecule has 8 heteroatoms. The molecular weight excluding hydrogens is 232 g/mol. The topological polar surface area (TPSA) is 108 Å². The fourth-order valence-corrected chi connectivity index (χ4v) is 1.68. The zero-order valence-corrected chi connectivity index (χ0v) is 9.29. The average Bonchev–Trinajstić information content (AvgIpc) is 2.78. The molecular formula is C8H10N4O3S. The van der Waals surface area contributed by atoms with Crippen LogP contribution in [0, 0.1) is 0 Å². The minimum Gasteiger partial charge on any atom is -0.466 e. The van der Waals surface area contributed by atoms with Gasteiger partial charge in [-0.25, -0.2) is 0 Å². The monoisotopic (exact) mass is 242 g/mol. The van der Waals surface area contributed by atoms with Crippen LogP contribution >= 0.6 is 11.3 Å². The maximum absolute atomic E-state index is 11.4. The molecule has 1 aromatic heterocycles. The highest BCUT2D eigenvalue weighted by Crippen LogP contribution is 2.23. The van der Waals surface area contributed by atoms with Crippen LogP contribution in [0.1, 0.15) is 17.9 Å². The van der Waals surface area contributed by atoms with Gasteiger partial charge in [-0.05, 0) is 12.5 Å². The zero-order valence-electron chi connectivity index (χ0n) is 8.48. The first kappa shape index (κ1) is 12.4. The van der Waals surface area contributed by atoms with E-state index in [1.807, 2.05) is 0 Å². The van der Waals surface area contributed by atoms with Gasteiger partial charge < -0.3 is 9.84 Å². The van der Waals surface area contributed by atoms with Crippen LogP contribution in [-0.2, 0) is 9.53 Å². The average molecular weight is 242 g/mol. The van der Waals surface area contributed by atoms with Crippen molar-refractivity contribution in [2.75, 3.05) is 6.61 Å². The molecule has 1 N–H and O–H groups in total. The first-order valence-corrected chi connectivity index (χ1v) is 5.36. The Morgan fingerprint density at radius 1 is 1.88 bits per heavy atom. The fraction of sp³-hybridized carbons (Fsp3) is 0.500. The van der Waals surface area contributed by atoms with Crippen LogP contribution in [-0.4, -0.2) is 28.7 Å². The van der Waals surface area contributed by atoms with Crippen molar-refractivity contribution in [3.8, 4) is 0 Å². The fourth-order valence-electron chi connectivity index (χ4n) is 1.05. The number of thiazole rings is 1. The van der Waals surface area contributed by atoms with Gasteiger partial charge in [-0.15, -0.1) is 11.3 Å².